The highest BCUT2D eigenvalue weighted by Gasteiger charge is 2.27. The number of furan rings is 1. The van der Waals surface area contributed by atoms with Crippen molar-refractivity contribution in [2.75, 3.05) is 37.6 Å². The van der Waals surface area contributed by atoms with Gasteiger partial charge in [0.05, 0.1) is 12.3 Å². The fourth-order valence-electron chi connectivity index (χ4n) is 3.73. The monoisotopic (exact) mass is 411 g/mol. The van der Waals surface area contributed by atoms with E-state index in [0.29, 0.717) is 12.1 Å². The van der Waals surface area contributed by atoms with E-state index < -0.39 is 0 Å². The van der Waals surface area contributed by atoms with Gasteiger partial charge in [0.2, 0.25) is 0 Å². The van der Waals surface area contributed by atoms with Gasteiger partial charge in [0.15, 0.2) is 0 Å². The van der Waals surface area contributed by atoms with Crippen LogP contribution in [0.15, 0.2) is 71.3 Å². The summed E-state index contributed by atoms with van der Waals surface area (Å²) in [7, 11) is 0. The Morgan fingerprint density at radius 1 is 0.933 bits per heavy atom. The zero-order valence-electron chi connectivity index (χ0n) is 16.4. The third-order valence-electron chi connectivity index (χ3n) is 5.38. The Kier molecular flexibility index (Phi) is 6.09. The summed E-state index contributed by atoms with van der Waals surface area (Å²) in [4.78, 5) is 16.9. The highest BCUT2D eigenvalue weighted by Crippen LogP contribution is 2.24. The van der Waals surface area contributed by atoms with Crippen LogP contribution in [0.1, 0.15) is 22.2 Å². The molecule has 1 N–H and O–H groups in total. The van der Waals surface area contributed by atoms with Gasteiger partial charge in [0, 0.05) is 44.0 Å². The van der Waals surface area contributed by atoms with Gasteiger partial charge in [0.1, 0.15) is 17.4 Å². The minimum Gasteiger partial charge on any atom is -0.468 e. The molecule has 156 valence electrons. The van der Waals surface area contributed by atoms with Crippen molar-refractivity contribution in [3.8, 4) is 0 Å². The molecule has 1 amide bonds. The fourth-order valence-corrected chi connectivity index (χ4v) is 3.73. The number of carbonyl (C=O) groups is 1. The number of nitrogens with one attached hydrogen (secondary N) is 1. The molecule has 0 unspecified atom stereocenters. The van der Waals surface area contributed by atoms with Crippen molar-refractivity contribution in [1.82, 2.24) is 10.2 Å². The molecule has 0 spiro atoms. The second-order valence-electron chi connectivity index (χ2n) is 7.25. The van der Waals surface area contributed by atoms with Crippen LogP contribution in [0.25, 0.3) is 0 Å². The third kappa shape index (κ3) is 4.68. The summed E-state index contributed by atoms with van der Waals surface area (Å²) in [5.41, 5.74) is 1.41. The van der Waals surface area contributed by atoms with E-state index >= 15 is 0 Å². The first-order chi connectivity index (χ1) is 14.6. The smallest absolute Gasteiger partial charge is 0.251 e. The summed E-state index contributed by atoms with van der Waals surface area (Å²) in [6.45, 7) is 3.49. The SMILES string of the molecule is O=C(NC[C@@H](c1ccco1)N1CCN(c2ccc(F)cc2)CC1)c1ccc(F)cc1. The molecule has 2 aromatic carbocycles. The van der Waals surface area contributed by atoms with Crippen LogP contribution in [0.3, 0.4) is 0 Å². The summed E-state index contributed by atoms with van der Waals surface area (Å²) in [6, 6.07) is 15.6. The number of hydrogen-bond acceptors (Lipinski definition) is 4. The van der Waals surface area contributed by atoms with E-state index in [1.165, 1.54) is 36.4 Å². The lowest BCUT2D eigenvalue weighted by Gasteiger charge is -2.39. The van der Waals surface area contributed by atoms with E-state index in [1.807, 2.05) is 12.1 Å². The molecule has 1 aliphatic heterocycles. The molecular formula is C23H23F2N3O2. The standard InChI is InChI=1S/C23H23F2N3O2/c24-18-5-3-17(4-6-18)23(29)26-16-21(22-2-1-15-30-22)28-13-11-27(12-14-28)20-9-7-19(25)8-10-20/h1-10,15,21H,11-14,16H2,(H,26,29)/t21-/m0/s1. The van der Waals surface area contributed by atoms with Crippen molar-refractivity contribution in [3.05, 3.63) is 89.9 Å². The molecule has 1 fully saturated rings. The summed E-state index contributed by atoms with van der Waals surface area (Å²) in [5, 5.41) is 2.93. The van der Waals surface area contributed by atoms with Crippen molar-refractivity contribution >= 4 is 11.6 Å². The van der Waals surface area contributed by atoms with E-state index in [0.717, 1.165) is 37.6 Å². The van der Waals surface area contributed by atoms with Crippen LogP contribution < -0.4 is 10.2 Å². The maximum absolute atomic E-state index is 13.2. The lowest BCUT2D eigenvalue weighted by atomic mass is 10.1. The number of anilines is 1. The van der Waals surface area contributed by atoms with Crippen molar-refractivity contribution in [1.29, 1.82) is 0 Å². The van der Waals surface area contributed by atoms with E-state index in [9.17, 15) is 13.6 Å². The topological polar surface area (TPSA) is 48.7 Å². The molecule has 30 heavy (non-hydrogen) atoms. The van der Waals surface area contributed by atoms with Gasteiger partial charge in [-0.3, -0.25) is 9.69 Å². The number of rotatable bonds is 6. The Bertz CT molecular complexity index is 951. The Morgan fingerprint density at radius 3 is 2.17 bits per heavy atom. The molecule has 1 aliphatic rings. The summed E-state index contributed by atoms with van der Waals surface area (Å²) in [6.07, 6.45) is 1.62. The summed E-state index contributed by atoms with van der Waals surface area (Å²) >= 11 is 0. The molecular weight excluding hydrogens is 388 g/mol. The minimum absolute atomic E-state index is 0.111. The highest BCUT2D eigenvalue weighted by molar-refractivity contribution is 5.94. The zero-order valence-corrected chi connectivity index (χ0v) is 16.4. The second-order valence-corrected chi connectivity index (χ2v) is 7.25. The number of hydrogen-bond donors (Lipinski definition) is 1. The van der Waals surface area contributed by atoms with E-state index in [1.54, 1.807) is 18.4 Å². The fraction of sp³-hybridized carbons (Fsp3) is 0.261. The van der Waals surface area contributed by atoms with Crippen molar-refractivity contribution in [2.45, 2.75) is 6.04 Å². The molecule has 5 nitrogen and oxygen atoms in total. The molecule has 1 saturated heterocycles. The van der Waals surface area contributed by atoms with Crippen LogP contribution >= 0.6 is 0 Å². The molecule has 0 bridgehead atoms. The van der Waals surface area contributed by atoms with Gasteiger partial charge in [0.25, 0.3) is 5.91 Å². The molecule has 2 heterocycles. The van der Waals surface area contributed by atoms with Gasteiger partial charge in [-0.05, 0) is 60.7 Å². The Hall–Kier alpha value is -3.19. The zero-order chi connectivity index (χ0) is 20.9. The Balaban J connectivity index is 1.40. The summed E-state index contributed by atoms with van der Waals surface area (Å²) in [5.74, 6) is -0.0904. The number of carbonyl (C=O) groups excluding carboxylic acids is 1. The quantitative estimate of drug-likeness (QED) is 0.669. The molecule has 0 radical (unpaired) electrons. The molecule has 1 atom stereocenters. The Morgan fingerprint density at radius 2 is 1.57 bits per heavy atom. The van der Waals surface area contributed by atoms with Gasteiger partial charge < -0.3 is 14.6 Å². The average molecular weight is 411 g/mol. The van der Waals surface area contributed by atoms with Gasteiger partial charge in [-0.15, -0.1) is 0 Å². The first-order valence-corrected chi connectivity index (χ1v) is 9.92. The van der Waals surface area contributed by atoms with Crippen molar-refractivity contribution in [3.63, 3.8) is 0 Å². The molecule has 1 aromatic heterocycles. The van der Waals surface area contributed by atoms with Crippen molar-refractivity contribution in [2.24, 2.45) is 0 Å². The van der Waals surface area contributed by atoms with Gasteiger partial charge in [-0.25, -0.2) is 8.78 Å². The maximum Gasteiger partial charge on any atom is 0.251 e. The van der Waals surface area contributed by atoms with Crippen molar-refractivity contribution < 1.29 is 18.0 Å². The van der Waals surface area contributed by atoms with Crippen LogP contribution in [0.5, 0.6) is 0 Å². The van der Waals surface area contributed by atoms with Crippen LogP contribution in [0.2, 0.25) is 0 Å². The highest BCUT2D eigenvalue weighted by atomic mass is 19.1. The van der Waals surface area contributed by atoms with Gasteiger partial charge in [-0.1, -0.05) is 0 Å². The van der Waals surface area contributed by atoms with Crippen LogP contribution in [0, 0.1) is 11.6 Å². The molecule has 0 saturated carbocycles. The molecule has 7 heteroatoms. The number of amides is 1. The van der Waals surface area contributed by atoms with Crippen LogP contribution in [0.4, 0.5) is 14.5 Å². The second kappa shape index (κ2) is 9.09. The lowest BCUT2D eigenvalue weighted by Crippen LogP contribution is -2.49. The van der Waals surface area contributed by atoms with Crippen LogP contribution in [-0.2, 0) is 0 Å². The minimum atomic E-state index is -0.376. The largest absolute Gasteiger partial charge is 0.468 e. The van der Waals surface area contributed by atoms with E-state index in [2.05, 4.69) is 15.1 Å². The van der Waals surface area contributed by atoms with E-state index in [4.69, 9.17) is 4.42 Å². The number of nitrogens with zero attached hydrogens (tertiary/aromatic N) is 2. The number of piperazine rings is 1. The van der Waals surface area contributed by atoms with Crippen LogP contribution in [-0.4, -0.2) is 43.5 Å². The predicted molar refractivity (Wildman–Crippen MR) is 110 cm³/mol. The van der Waals surface area contributed by atoms with Gasteiger partial charge >= 0.3 is 0 Å². The average Bonchev–Trinajstić information content (AvgIpc) is 3.30. The first-order valence-electron chi connectivity index (χ1n) is 9.92. The lowest BCUT2D eigenvalue weighted by molar-refractivity contribution is 0.0923. The predicted octanol–water partition coefficient (Wildman–Crippen LogP) is 3.85. The molecule has 0 aliphatic carbocycles. The normalized spacial score (nSPS) is 15.7. The van der Waals surface area contributed by atoms with Gasteiger partial charge in [-0.2, -0.15) is 0 Å². The first kappa shape index (κ1) is 20.1. The third-order valence-corrected chi connectivity index (χ3v) is 5.38. The van der Waals surface area contributed by atoms with E-state index in [-0.39, 0.29) is 23.6 Å². The number of benzene rings is 2. The molecule has 4 rings (SSSR count). The summed E-state index contributed by atoms with van der Waals surface area (Å²) < 4.78 is 31.9. The Labute approximate surface area is 173 Å². The number of halogens is 2. The maximum atomic E-state index is 13.2. The molecule has 3 aromatic rings.